The van der Waals surface area contributed by atoms with Gasteiger partial charge in [-0.2, -0.15) is 5.10 Å². The molecule has 0 aliphatic heterocycles. The van der Waals surface area contributed by atoms with E-state index in [-0.39, 0.29) is 5.97 Å². The topological polar surface area (TPSA) is 44.1 Å². The molecule has 1 aliphatic rings. The molecule has 27 heavy (non-hydrogen) atoms. The van der Waals surface area contributed by atoms with Crippen molar-refractivity contribution in [2.75, 3.05) is 0 Å². The molecule has 1 aromatic heterocycles. The van der Waals surface area contributed by atoms with Crippen LogP contribution in [0.3, 0.4) is 0 Å². The highest BCUT2D eigenvalue weighted by atomic mass is 32.2. The van der Waals surface area contributed by atoms with Crippen LogP contribution >= 0.6 is 11.8 Å². The molecule has 0 spiro atoms. The first-order valence-corrected chi connectivity index (χ1v) is 10.5. The molecule has 5 heteroatoms. The summed E-state index contributed by atoms with van der Waals surface area (Å²) in [7, 11) is 0. The van der Waals surface area contributed by atoms with Gasteiger partial charge in [0.2, 0.25) is 0 Å². The van der Waals surface area contributed by atoms with Crippen molar-refractivity contribution in [3.05, 3.63) is 53.9 Å². The van der Waals surface area contributed by atoms with E-state index in [4.69, 9.17) is 9.84 Å². The molecule has 4 nitrogen and oxygen atoms in total. The van der Waals surface area contributed by atoms with Gasteiger partial charge in [0.15, 0.2) is 0 Å². The zero-order valence-corrected chi connectivity index (χ0v) is 16.6. The quantitative estimate of drug-likeness (QED) is 0.320. The van der Waals surface area contributed by atoms with E-state index >= 15 is 0 Å². The van der Waals surface area contributed by atoms with Crippen LogP contribution in [0.25, 0.3) is 10.8 Å². The number of carbonyl (C=O) groups excluding carboxylic acids is 1. The van der Waals surface area contributed by atoms with Crippen LogP contribution in [0, 0.1) is 5.92 Å². The number of hydrogen-bond donors (Lipinski definition) is 0. The molecular formula is C22H24N2O2S. The van der Waals surface area contributed by atoms with Gasteiger partial charge in [-0.1, -0.05) is 31.2 Å². The Bertz CT molecular complexity index is 976. The fraction of sp³-hybridized carbons (Fsp3) is 0.364. The molecule has 4 rings (SSSR count). The van der Waals surface area contributed by atoms with Crippen molar-refractivity contribution in [3.8, 4) is 5.75 Å². The Kier molecular flexibility index (Phi) is 5.21. The summed E-state index contributed by atoms with van der Waals surface area (Å²) in [4.78, 5) is 12.6. The fourth-order valence-electron chi connectivity index (χ4n) is 3.24. The van der Waals surface area contributed by atoms with Gasteiger partial charge < -0.3 is 4.74 Å². The van der Waals surface area contributed by atoms with E-state index in [1.807, 2.05) is 24.3 Å². The predicted molar refractivity (Wildman–Crippen MR) is 109 cm³/mol. The minimum atomic E-state index is -0.294. The Balaban J connectivity index is 1.58. The Labute approximate surface area is 163 Å². The molecule has 1 heterocycles. The second kappa shape index (κ2) is 7.77. The molecule has 3 aromatic rings. The van der Waals surface area contributed by atoms with Crippen molar-refractivity contribution >= 4 is 28.5 Å². The molecule has 0 unspecified atom stereocenters. The standard InChI is InChI=1S/C22H24N2O2S/c1-3-18-11-19(24(23-18)13-16-8-9-16)14-27-20-10-17-6-4-5-7-21(17)22(12-20)26-15(2)25/h4-7,10-12,16H,3,8-9,13-14H2,1-2H3. The zero-order chi connectivity index (χ0) is 18.8. The molecule has 1 aliphatic carbocycles. The maximum Gasteiger partial charge on any atom is 0.308 e. The van der Waals surface area contributed by atoms with Gasteiger partial charge in [-0.15, -0.1) is 11.8 Å². The molecule has 0 bridgehead atoms. The van der Waals surface area contributed by atoms with E-state index in [1.54, 1.807) is 11.8 Å². The van der Waals surface area contributed by atoms with Gasteiger partial charge >= 0.3 is 5.97 Å². The number of nitrogens with zero attached hydrogens (tertiary/aromatic N) is 2. The monoisotopic (exact) mass is 380 g/mol. The van der Waals surface area contributed by atoms with E-state index < -0.39 is 0 Å². The van der Waals surface area contributed by atoms with Crippen molar-refractivity contribution in [3.63, 3.8) is 0 Å². The number of hydrogen-bond acceptors (Lipinski definition) is 4. The molecule has 0 radical (unpaired) electrons. The van der Waals surface area contributed by atoms with Crippen LogP contribution in [0.2, 0.25) is 0 Å². The van der Waals surface area contributed by atoms with Gasteiger partial charge in [-0.3, -0.25) is 9.48 Å². The third kappa shape index (κ3) is 4.35. The summed E-state index contributed by atoms with van der Waals surface area (Å²) in [6.45, 7) is 4.62. The third-order valence-corrected chi connectivity index (χ3v) is 5.85. The lowest BCUT2D eigenvalue weighted by Crippen LogP contribution is -2.06. The normalized spacial score (nSPS) is 13.9. The number of ether oxygens (including phenoxy) is 1. The Hall–Kier alpha value is -2.27. The van der Waals surface area contributed by atoms with Crippen molar-refractivity contribution in [2.24, 2.45) is 5.92 Å². The molecule has 0 atom stereocenters. The number of esters is 1. The number of thioether (sulfide) groups is 1. The molecule has 140 valence electrons. The third-order valence-electron chi connectivity index (χ3n) is 4.84. The van der Waals surface area contributed by atoms with Gasteiger partial charge in [0.25, 0.3) is 0 Å². The van der Waals surface area contributed by atoms with Crippen molar-refractivity contribution in [1.82, 2.24) is 9.78 Å². The van der Waals surface area contributed by atoms with E-state index in [2.05, 4.69) is 29.8 Å². The summed E-state index contributed by atoms with van der Waals surface area (Å²) >= 11 is 1.76. The van der Waals surface area contributed by atoms with Gasteiger partial charge in [0, 0.05) is 35.2 Å². The highest BCUT2D eigenvalue weighted by molar-refractivity contribution is 7.98. The predicted octanol–water partition coefficient (Wildman–Crippen LogP) is 5.23. The largest absolute Gasteiger partial charge is 0.426 e. The zero-order valence-electron chi connectivity index (χ0n) is 15.8. The molecular weight excluding hydrogens is 356 g/mol. The maximum atomic E-state index is 11.5. The van der Waals surface area contributed by atoms with Crippen LogP contribution in [-0.4, -0.2) is 15.7 Å². The van der Waals surface area contributed by atoms with Gasteiger partial charge in [-0.05, 0) is 48.8 Å². The number of rotatable bonds is 7. The van der Waals surface area contributed by atoms with Crippen molar-refractivity contribution < 1.29 is 9.53 Å². The van der Waals surface area contributed by atoms with E-state index in [0.29, 0.717) is 5.75 Å². The first-order chi connectivity index (χ1) is 13.1. The average molecular weight is 381 g/mol. The van der Waals surface area contributed by atoms with Crippen LogP contribution < -0.4 is 4.74 Å². The summed E-state index contributed by atoms with van der Waals surface area (Å²) in [6.07, 6.45) is 3.61. The van der Waals surface area contributed by atoms with E-state index in [1.165, 1.54) is 25.5 Å². The van der Waals surface area contributed by atoms with Crippen molar-refractivity contribution in [1.29, 1.82) is 0 Å². The molecule has 0 N–H and O–H groups in total. The van der Waals surface area contributed by atoms with Gasteiger partial charge in [0.1, 0.15) is 5.75 Å². The average Bonchev–Trinajstić information content (AvgIpc) is 3.38. The van der Waals surface area contributed by atoms with Crippen LogP contribution in [-0.2, 0) is 23.5 Å². The lowest BCUT2D eigenvalue weighted by atomic mass is 10.1. The number of benzene rings is 2. The minimum absolute atomic E-state index is 0.294. The molecule has 1 saturated carbocycles. The summed E-state index contributed by atoms with van der Waals surface area (Å²) in [5.74, 6) is 1.99. The summed E-state index contributed by atoms with van der Waals surface area (Å²) < 4.78 is 7.65. The number of fused-ring (bicyclic) bond motifs is 1. The maximum absolute atomic E-state index is 11.5. The smallest absolute Gasteiger partial charge is 0.308 e. The number of aromatic nitrogens is 2. The van der Waals surface area contributed by atoms with Crippen LogP contribution in [0.4, 0.5) is 0 Å². The summed E-state index contributed by atoms with van der Waals surface area (Å²) in [5.41, 5.74) is 2.43. The summed E-state index contributed by atoms with van der Waals surface area (Å²) in [5, 5.41) is 6.81. The minimum Gasteiger partial charge on any atom is -0.426 e. The summed E-state index contributed by atoms with van der Waals surface area (Å²) in [6, 6.07) is 14.4. The molecule has 1 fully saturated rings. The molecule has 0 amide bonds. The highest BCUT2D eigenvalue weighted by Crippen LogP contribution is 2.35. The molecule has 2 aromatic carbocycles. The number of aryl methyl sites for hydroxylation is 1. The lowest BCUT2D eigenvalue weighted by molar-refractivity contribution is -0.131. The first kappa shape index (κ1) is 18.1. The highest BCUT2D eigenvalue weighted by Gasteiger charge is 2.23. The lowest BCUT2D eigenvalue weighted by Gasteiger charge is -2.10. The Morgan fingerprint density at radius 3 is 2.81 bits per heavy atom. The Morgan fingerprint density at radius 1 is 1.26 bits per heavy atom. The second-order valence-electron chi connectivity index (χ2n) is 7.13. The van der Waals surface area contributed by atoms with Crippen molar-refractivity contribution in [2.45, 2.75) is 50.3 Å². The van der Waals surface area contributed by atoms with E-state index in [0.717, 1.165) is 46.0 Å². The van der Waals surface area contributed by atoms with Crippen LogP contribution in [0.15, 0.2) is 47.4 Å². The van der Waals surface area contributed by atoms with Crippen LogP contribution in [0.5, 0.6) is 5.75 Å². The first-order valence-electron chi connectivity index (χ1n) is 9.52. The molecule has 0 saturated heterocycles. The fourth-order valence-corrected chi connectivity index (χ4v) is 4.18. The van der Waals surface area contributed by atoms with Gasteiger partial charge in [0.05, 0.1) is 5.69 Å². The SMILES string of the molecule is CCc1cc(CSc2cc(OC(C)=O)c3ccccc3c2)n(CC2CC2)n1. The van der Waals surface area contributed by atoms with Gasteiger partial charge in [-0.25, -0.2) is 0 Å². The number of carbonyl (C=O) groups is 1. The second-order valence-corrected chi connectivity index (χ2v) is 8.18. The Morgan fingerprint density at radius 2 is 2.07 bits per heavy atom. The van der Waals surface area contributed by atoms with Crippen LogP contribution in [0.1, 0.15) is 38.1 Å². The van der Waals surface area contributed by atoms with E-state index in [9.17, 15) is 4.79 Å².